The lowest BCUT2D eigenvalue weighted by Crippen LogP contribution is -2.56. The molecule has 10 aromatic carbocycles. The summed E-state index contributed by atoms with van der Waals surface area (Å²) in [5, 5.41) is 5.14. The first-order valence-corrected chi connectivity index (χ1v) is 21.5. The molecule has 1 aromatic heterocycles. The van der Waals surface area contributed by atoms with Gasteiger partial charge in [0.1, 0.15) is 0 Å². The molecule has 3 heterocycles. The zero-order valence-electron chi connectivity index (χ0n) is 33.9. The first kappa shape index (κ1) is 34.8. The van der Waals surface area contributed by atoms with E-state index in [-0.39, 0.29) is 6.85 Å². The molecule has 0 radical (unpaired) electrons. The number of hydrogen-bond donors (Lipinski definition) is 0. The van der Waals surface area contributed by atoms with Gasteiger partial charge in [0.15, 0.2) is 0 Å². The van der Waals surface area contributed by atoms with E-state index in [0.717, 1.165) is 22.7 Å². The van der Waals surface area contributed by atoms with E-state index < -0.39 is 0 Å². The van der Waals surface area contributed by atoms with Gasteiger partial charge in [0, 0.05) is 61.5 Å². The number of rotatable bonds is 6. The van der Waals surface area contributed by atoms with Crippen LogP contribution >= 0.6 is 0 Å². The van der Waals surface area contributed by atoms with Crippen LogP contribution in [0.15, 0.2) is 231 Å². The normalized spacial score (nSPS) is 12.5. The van der Waals surface area contributed by atoms with E-state index in [4.69, 9.17) is 0 Å². The van der Waals surface area contributed by atoms with Crippen LogP contribution < -0.4 is 20.7 Å². The van der Waals surface area contributed by atoms with Gasteiger partial charge in [0.05, 0.1) is 0 Å². The van der Waals surface area contributed by atoms with Gasteiger partial charge in [0.2, 0.25) is 0 Å². The maximum atomic E-state index is 2.67. The third kappa shape index (κ3) is 5.20. The Labute approximate surface area is 361 Å². The molecule has 11 aromatic rings. The number of aromatic nitrogens is 1. The second kappa shape index (κ2) is 13.7. The van der Waals surface area contributed by atoms with E-state index in [0.29, 0.717) is 0 Å². The van der Waals surface area contributed by atoms with Gasteiger partial charge in [-0.05, 0) is 110 Å². The van der Waals surface area contributed by atoms with Crippen molar-refractivity contribution in [3.63, 3.8) is 0 Å². The monoisotopic (exact) mass is 787 g/mol. The Morgan fingerprint density at radius 1 is 0.387 bits per heavy atom. The number of anilines is 6. The van der Waals surface area contributed by atoms with Crippen LogP contribution in [0.1, 0.15) is 0 Å². The fraction of sp³-hybridized carbons (Fsp3) is 0. The van der Waals surface area contributed by atoms with Crippen LogP contribution in [0.25, 0.3) is 66.0 Å². The van der Waals surface area contributed by atoms with E-state index >= 15 is 0 Å². The van der Waals surface area contributed by atoms with Gasteiger partial charge < -0.3 is 14.3 Å². The highest BCUT2D eigenvalue weighted by atomic mass is 15.2. The van der Waals surface area contributed by atoms with Crippen LogP contribution in [0.4, 0.5) is 34.1 Å². The van der Waals surface area contributed by atoms with E-state index in [9.17, 15) is 0 Å². The largest absolute Gasteiger partial charge is 0.375 e. The molecule has 0 atom stereocenters. The predicted molar refractivity (Wildman–Crippen MR) is 263 cm³/mol. The second-order valence-corrected chi connectivity index (χ2v) is 16.5. The molecule has 0 fully saturated rings. The van der Waals surface area contributed by atoms with Crippen molar-refractivity contribution >= 4 is 84.5 Å². The molecule has 62 heavy (non-hydrogen) atoms. The zero-order chi connectivity index (χ0) is 40.7. The van der Waals surface area contributed by atoms with Gasteiger partial charge in [-0.2, -0.15) is 0 Å². The summed E-state index contributed by atoms with van der Waals surface area (Å²) < 4.78 is 2.67. The quantitative estimate of drug-likeness (QED) is 0.156. The minimum atomic E-state index is -0.0921. The smallest absolute Gasteiger partial charge is 0.333 e. The van der Waals surface area contributed by atoms with Crippen LogP contribution in [-0.4, -0.2) is 11.3 Å². The summed E-state index contributed by atoms with van der Waals surface area (Å²) >= 11 is 0. The molecule has 4 heteroatoms. The Kier molecular flexibility index (Phi) is 7.70. The van der Waals surface area contributed by atoms with Gasteiger partial charge in [-0.1, -0.05) is 170 Å². The standard InChI is InChI=1S/C58H38BN3/c1-5-16-39(17-6-1)41-28-32-46(33-29-41)61-53-34-31-43(40-18-7-2-8-19-40)36-52(53)59-57-51(37-47(38-55(57)61)60(44-21-9-3-10-22-44)45-23-11-4-12-24-45)49-26-15-27-50-56-48-25-14-13-20-42(48)30-35-54(56)62(59)58(49)50/h1-38H. The number of fused-ring (bicyclic) bond motifs is 9. The molecule has 2 aliphatic heterocycles. The highest BCUT2D eigenvalue weighted by Gasteiger charge is 2.43. The van der Waals surface area contributed by atoms with E-state index in [2.05, 4.69) is 245 Å². The molecule has 0 spiro atoms. The Morgan fingerprint density at radius 2 is 0.984 bits per heavy atom. The topological polar surface area (TPSA) is 11.4 Å². The Bertz CT molecular complexity index is 3470. The lowest BCUT2D eigenvalue weighted by atomic mass is 9.45. The van der Waals surface area contributed by atoms with Gasteiger partial charge in [-0.3, -0.25) is 0 Å². The van der Waals surface area contributed by atoms with Crippen LogP contribution in [-0.2, 0) is 0 Å². The summed E-state index contributed by atoms with van der Waals surface area (Å²) in [4.78, 5) is 4.94. The molecule has 3 nitrogen and oxygen atoms in total. The van der Waals surface area contributed by atoms with E-state index in [1.54, 1.807) is 0 Å². The number of nitrogens with zero attached hydrogens (tertiary/aromatic N) is 3. The van der Waals surface area contributed by atoms with Crippen molar-refractivity contribution in [3.8, 4) is 33.4 Å². The van der Waals surface area contributed by atoms with Gasteiger partial charge >= 0.3 is 6.85 Å². The second-order valence-electron chi connectivity index (χ2n) is 16.5. The van der Waals surface area contributed by atoms with Crippen molar-refractivity contribution in [1.29, 1.82) is 0 Å². The molecule has 2 aliphatic rings. The molecule has 0 unspecified atom stereocenters. The van der Waals surface area contributed by atoms with Crippen molar-refractivity contribution in [2.24, 2.45) is 0 Å². The molecule has 0 saturated heterocycles. The van der Waals surface area contributed by atoms with Crippen molar-refractivity contribution in [2.75, 3.05) is 9.80 Å². The van der Waals surface area contributed by atoms with Gasteiger partial charge in [-0.15, -0.1) is 0 Å². The van der Waals surface area contributed by atoms with E-state index in [1.807, 2.05) is 0 Å². The summed E-state index contributed by atoms with van der Waals surface area (Å²) in [6.45, 7) is -0.0921. The highest BCUT2D eigenvalue weighted by molar-refractivity contribution is 6.90. The molecule has 0 bridgehead atoms. The molecule has 13 rings (SSSR count). The SMILES string of the molecule is c1ccc(-c2ccc(N3c4ccc(-c5ccccc5)cc4B4c5c(cc(N(c6ccccc6)c6ccccc6)cc53)-c3cccc5c6c7ccccc7ccc6n4c35)cc2)cc1. The average molecular weight is 788 g/mol. The maximum Gasteiger partial charge on any atom is 0.333 e. The summed E-state index contributed by atoms with van der Waals surface area (Å²) in [6, 6.07) is 84.8. The molecule has 0 N–H and O–H groups in total. The number of para-hydroxylation sites is 3. The van der Waals surface area contributed by atoms with Crippen LogP contribution in [0.2, 0.25) is 0 Å². The van der Waals surface area contributed by atoms with Gasteiger partial charge in [0.25, 0.3) is 0 Å². The lowest BCUT2D eigenvalue weighted by molar-refractivity contribution is 1.23. The third-order valence-electron chi connectivity index (χ3n) is 13.1. The number of hydrogen-bond acceptors (Lipinski definition) is 2. The maximum absolute atomic E-state index is 2.67. The van der Waals surface area contributed by atoms with Crippen molar-refractivity contribution in [2.45, 2.75) is 0 Å². The van der Waals surface area contributed by atoms with Crippen LogP contribution in [0.5, 0.6) is 0 Å². The minimum Gasteiger partial charge on any atom is -0.375 e. The predicted octanol–water partition coefficient (Wildman–Crippen LogP) is 14.2. The first-order valence-electron chi connectivity index (χ1n) is 21.5. The zero-order valence-corrected chi connectivity index (χ0v) is 33.9. The molecular weight excluding hydrogens is 749 g/mol. The summed E-state index contributed by atoms with van der Waals surface area (Å²) in [5.74, 6) is 0. The Hall–Kier alpha value is -8.08. The van der Waals surface area contributed by atoms with Crippen LogP contribution in [0.3, 0.4) is 0 Å². The van der Waals surface area contributed by atoms with Crippen molar-refractivity contribution < 1.29 is 0 Å². The fourth-order valence-electron chi connectivity index (χ4n) is 10.5. The van der Waals surface area contributed by atoms with E-state index in [1.165, 1.54) is 88.3 Å². The highest BCUT2D eigenvalue weighted by Crippen LogP contribution is 2.49. The average Bonchev–Trinajstić information content (AvgIpc) is 3.69. The Balaban J connectivity index is 1.16. The summed E-state index contributed by atoms with van der Waals surface area (Å²) in [6.07, 6.45) is 0. The molecule has 0 amide bonds. The third-order valence-corrected chi connectivity index (χ3v) is 13.1. The summed E-state index contributed by atoms with van der Waals surface area (Å²) in [5.41, 5.74) is 19.3. The van der Waals surface area contributed by atoms with Crippen molar-refractivity contribution in [3.05, 3.63) is 231 Å². The van der Waals surface area contributed by atoms with Crippen LogP contribution in [0, 0.1) is 0 Å². The molecular formula is C58H38BN3. The first-order chi connectivity index (χ1) is 30.8. The molecule has 0 saturated carbocycles. The Morgan fingerprint density at radius 3 is 1.69 bits per heavy atom. The van der Waals surface area contributed by atoms with Crippen molar-refractivity contribution in [1.82, 2.24) is 4.48 Å². The number of benzene rings is 10. The lowest BCUT2D eigenvalue weighted by Gasteiger charge is -2.41. The fourth-order valence-corrected chi connectivity index (χ4v) is 10.5. The molecule has 288 valence electrons. The minimum absolute atomic E-state index is 0.0921. The van der Waals surface area contributed by atoms with Gasteiger partial charge in [-0.25, -0.2) is 0 Å². The summed E-state index contributed by atoms with van der Waals surface area (Å²) in [7, 11) is 0. The molecule has 0 aliphatic carbocycles.